The molecule has 1 heterocycles. The zero-order valence-corrected chi connectivity index (χ0v) is 16.0. The lowest BCUT2D eigenvalue weighted by atomic mass is 9.75. The Morgan fingerprint density at radius 3 is 2.23 bits per heavy atom. The first-order valence-electron chi connectivity index (χ1n) is 11.0. The Labute approximate surface area is 157 Å². The van der Waals surface area contributed by atoms with Gasteiger partial charge in [0.15, 0.2) is 0 Å². The van der Waals surface area contributed by atoms with E-state index in [1.807, 2.05) is 0 Å². The van der Waals surface area contributed by atoms with Gasteiger partial charge in [-0.3, -0.25) is 14.5 Å². The number of rotatable bonds is 4. The van der Waals surface area contributed by atoms with Crippen molar-refractivity contribution in [1.82, 2.24) is 10.2 Å². The highest BCUT2D eigenvalue weighted by molar-refractivity contribution is 6.02. The molecule has 144 valence electrons. The Kier molecular flexibility index (Phi) is 5.78. The van der Waals surface area contributed by atoms with Gasteiger partial charge in [0, 0.05) is 31.0 Å². The molecule has 2 amide bonds. The van der Waals surface area contributed by atoms with Gasteiger partial charge in [0.1, 0.15) is 0 Å². The number of nitrogens with one attached hydrogen (secondary N) is 1. The molecule has 4 aliphatic rings. The molecule has 0 bridgehead atoms. The number of allylic oxidation sites excluding steroid dienone is 1. The second-order valence-electron chi connectivity index (χ2n) is 8.85. The molecule has 4 nitrogen and oxygen atoms in total. The molecule has 4 rings (SSSR count). The van der Waals surface area contributed by atoms with Crippen LogP contribution in [0.3, 0.4) is 0 Å². The molecular weight excluding hydrogens is 324 g/mol. The monoisotopic (exact) mass is 358 g/mol. The summed E-state index contributed by atoms with van der Waals surface area (Å²) in [7, 11) is 0. The number of amides is 2. The fourth-order valence-corrected chi connectivity index (χ4v) is 5.78. The molecule has 0 aromatic rings. The predicted octanol–water partition coefficient (Wildman–Crippen LogP) is 4.10. The van der Waals surface area contributed by atoms with E-state index in [0.717, 1.165) is 31.6 Å². The first-order chi connectivity index (χ1) is 12.7. The number of nitrogens with zero attached hydrogens (tertiary/aromatic N) is 1. The van der Waals surface area contributed by atoms with Gasteiger partial charge in [0.25, 0.3) is 0 Å². The molecule has 1 N–H and O–H groups in total. The topological polar surface area (TPSA) is 49.4 Å². The number of hydrogen-bond acceptors (Lipinski definition) is 3. The number of carbonyl (C=O) groups excluding carboxylic acids is 2. The summed E-state index contributed by atoms with van der Waals surface area (Å²) in [4.78, 5) is 25.6. The average molecular weight is 359 g/mol. The second-order valence-corrected chi connectivity index (χ2v) is 8.85. The van der Waals surface area contributed by atoms with Crippen molar-refractivity contribution in [2.45, 2.75) is 108 Å². The van der Waals surface area contributed by atoms with E-state index in [0.29, 0.717) is 24.9 Å². The van der Waals surface area contributed by atoms with Gasteiger partial charge in [0.2, 0.25) is 11.8 Å². The minimum absolute atomic E-state index is 0.0583. The summed E-state index contributed by atoms with van der Waals surface area (Å²) in [5.74, 6) is 0.870. The Hall–Kier alpha value is -1.16. The highest BCUT2D eigenvalue weighted by Gasteiger charge is 2.38. The molecule has 3 aliphatic carbocycles. The zero-order chi connectivity index (χ0) is 17.9. The van der Waals surface area contributed by atoms with Gasteiger partial charge in [-0.05, 0) is 70.1 Å². The predicted molar refractivity (Wildman–Crippen MR) is 103 cm³/mol. The SMILES string of the molecule is O=C1CCC(=O)N1C1CCC(N[C@H]2CCCC[C@H]2C2=CCCCC2)CC1. The van der Waals surface area contributed by atoms with Crippen molar-refractivity contribution in [1.29, 1.82) is 0 Å². The van der Waals surface area contributed by atoms with Crippen LogP contribution >= 0.6 is 0 Å². The van der Waals surface area contributed by atoms with Crippen molar-refractivity contribution >= 4 is 11.8 Å². The van der Waals surface area contributed by atoms with Gasteiger partial charge in [-0.25, -0.2) is 0 Å². The van der Waals surface area contributed by atoms with Crippen LogP contribution in [-0.2, 0) is 9.59 Å². The van der Waals surface area contributed by atoms with Crippen molar-refractivity contribution in [3.63, 3.8) is 0 Å². The fraction of sp³-hybridized carbons (Fsp3) is 0.818. The van der Waals surface area contributed by atoms with E-state index in [4.69, 9.17) is 0 Å². The van der Waals surface area contributed by atoms with Gasteiger partial charge in [0.05, 0.1) is 0 Å². The number of carbonyl (C=O) groups is 2. The summed E-state index contributed by atoms with van der Waals surface area (Å²) < 4.78 is 0. The number of likely N-dealkylation sites (tertiary alicyclic amines) is 1. The van der Waals surface area contributed by atoms with Crippen LogP contribution in [0.15, 0.2) is 11.6 Å². The molecular formula is C22H34N2O2. The molecule has 0 aromatic heterocycles. The van der Waals surface area contributed by atoms with E-state index in [1.165, 1.54) is 51.4 Å². The maximum absolute atomic E-state index is 12.0. The molecule has 0 spiro atoms. The molecule has 0 unspecified atom stereocenters. The summed E-state index contributed by atoms with van der Waals surface area (Å²) in [5.41, 5.74) is 1.73. The van der Waals surface area contributed by atoms with Crippen LogP contribution < -0.4 is 5.32 Å². The fourth-order valence-electron chi connectivity index (χ4n) is 5.78. The molecule has 4 heteroatoms. The van der Waals surface area contributed by atoms with Crippen LogP contribution in [-0.4, -0.2) is 34.8 Å². The normalized spacial score (nSPS) is 36.3. The van der Waals surface area contributed by atoms with Crippen LogP contribution in [0.25, 0.3) is 0 Å². The van der Waals surface area contributed by atoms with Crippen LogP contribution in [0.2, 0.25) is 0 Å². The average Bonchev–Trinajstić information content (AvgIpc) is 3.02. The lowest BCUT2D eigenvalue weighted by Crippen LogP contribution is -2.49. The summed E-state index contributed by atoms with van der Waals surface area (Å²) in [5, 5.41) is 4.01. The van der Waals surface area contributed by atoms with Gasteiger partial charge in [-0.15, -0.1) is 0 Å². The highest BCUT2D eigenvalue weighted by Crippen LogP contribution is 2.36. The van der Waals surface area contributed by atoms with E-state index >= 15 is 0 Å². The molecule has 1 saturated heterocycles. The Morgan fingerprint density at radius 2 is 1.54 bits per heavy atom. The van der Waals surface area contributed by atoms with E-state index in [1.54, 1.807) is 10.5 Å². The third kappa shape index (κ3) is 3.90. The zero-order valence-electron chi connectivity index (χ0n) is 16.0. The third-order valence-corrected chi connectivity index (χ3v) is 7.17. The van der Waals surface area contributed by atoms with Crippen molar-refractivity contribution in [3.8, 4) is 0 Å². The second kappa shape index (κ2) is 8.24. The van der Waals surface area contributed by atoms with Gasteiger partial charge in [-0.2, -0.15) is 0 Å². The summed E-state index contributed by atoms with van der Waals surface area (Å²) >= 11 is 0. The van der Waals surface area contributed by atoms with Crippen LogP contribution in [0.1, 0.15) is 89.9 Å². The quantitative estimate of drug-likeness (QED) is 0.608. The maximum Gasteiger partial charge on any atom is 0.229 e. The van der Waals surface area contributed by atoms with Crippen LogP contribution in [0.4, 0.5) is 0 Å². The van der Waals surface area contributed by atoms with Gasteiger partial charge in [-0.1, -0.05) is 24.5 Å². The number of imide groups is 1. The summed E-state index contributed by atoms with van der Waals surface area (Å²) in [6, 6.07) is 1.37. The van der Waals surface area contributed by atoms with Crippen molar-refractivity contribution < 1.29 is 9.59 Å². The first kappa shape index (κ1) is 18.2. The highest BCUT2D eigenvalue weighted by atomic mass is 16.2. The lowest BCUT2D eigenvalue weighted by Gasteiger charge is -2.40. The third-order valence-electron chi connectivity index (χ3n) is 7.17. The van der Waals surface area contributed by atoms with E-state index in [9.17, 15) is 9.59 Å². The van der Waals surface area contributed by atoms with E-state index in [2.05, 4.69) is 11.4 Å². The molecule has 0 aromatic carbocycles. The maximum atomic E-state index is 12.0. The molecule has 0 radical (unpaired) electrons. The molecule has 26 heavy (non-hydrogen) atoms. The van der Waals surface area contributed by atoms with E-state index < -0.39 is 0 Å². The standard InChI is InChI=1S/C22H34N2O2/c25-21-14-15-22(26)24(21)18-12-10-17(11-13-18)23-20-9-5-4-8-19(20)16-6-2-1-3-7-16/h6,17-20,23H,1-5,7-15H2/t17?,18?,19-,20-/m0/s1. The minimum Gasteiger partial charge on any atom is -0.311 e. The molecule has 2 saturated carbocycles. The van der Waals surface area contributed by atoms with Crippen LogP contribution in [0, 0.1) is 5.92 Å². The summed E-state index contributed by atoms with van der Waals surface area (Å²) in [6.07, 6.45) is 18.3. The first-order valence-corrected chi connectivity index (χ1v) is 11.0. The Morgan fingerprint density at radius 1 is 0.808 bits per heavy atom. The van der Waals surface area contributed by atoms with Gasteiger partial charge >= 0.3 is 0 Å². The summed E-state index contributed by atoms with van der Waals surface area (Å²) in [6.45, 7) is 0. The Balaban J connectivity index is 1.32. The smallest absolute Gasteiger partial charge is 0.229 e. The van der Waals surface area contributed by atoms with Gasteiger partial charge < -0.3 is 5.32 Å². The molecule has 1 aliphatic heterocycles. The van der Waals surface area contributed by atoms with Crippen molar-refractivity contribution in [2.75, 3.05) is 0 Å². The minimum atomic E-state index is 0.0583. The lowest BCUT2D eigenvalue weighted by molar-refractivity contribution is -0.141. The van der Waals surface area contributed by atoms with Crippen molar-refractivity contribution in [3.05, 3.63) is 11.6 Å². The van der Waals surface area contributed by atoms with E-state index in [-0.39, 0.29) is 17.9 Å². The van der Waals surface area contributed by atoms with Crippen LogP contribution in [0.5, 0.6) is 0 Å². The number of hydrogen-bond donors (Lipinski definition) is 1. The van der Waals surface area contributed by atoms with Crippen molar-refractivity contribution in [2.24, 2.45) is 5.92 Å². The Bertz CT molecular complexity index is 546. The molecule has 2 atom stereocenters. The largest absolute Gasteiger partial charge is 0.311 e. The molecule has 3 fully saturated rings.